The van der Waals surface area contributed by atoms with Crippen LogP contribution in [0.1, 0.15) is 33.6 Å². The van der Waals surface area contributed by atoms with Crippen LogP contribution < -0.4 is 0 Å². The van der Waals surface area contributed by atoms with E-state index in [2.05, 4.69) is 0 Å². The van der Waals surface area contributed by atoms with Gasteiger partial charge in [0.15, 0.2) is 0 Å². The minimum Gasteiger partial charge on any atom is -0.340 e. The Balaban J connectivity index is 2.63. The molecule has 1 heterocycles. The monoisotopic (exact) mass is 237 g/mol. The molecule has 16 heavy (non-hydrogen) atoms. The third-order valence-corrected chi connectivity index (χ3v) is 3.12. The molecule has 0 radical (unpaired) electrons. The standard InChI is InChI=1S/C11H18F3NO/c1-7(2)10(16)15-5-4-9(6-8(15)3)11(12,13)14/h7-9H,4-6H2,1-3H3. The predicted octanol–water partition coefficient (Wildman–Crippen LogP) is 2.83. The number of nitrogens with zero attached hydrogens (tertiary/aromatic N) is 1. The molecule has 94 valence electrons. The van der Waals surface area contributed by atoms with Crippen molar-refractivity contribution in [1.82, 2.24) is 4.90 Å². The van der Waals surface area contributed by atoms with Crippen LogP contribution in [0, 0.1) is 11.8 Å². The summed E-state index contributed by atoms with van der Waals surface area (Å²) in [5.74, 6) is -1.45. The van der Waals surface area contributed by atoms with Crippen LogP contribution in [0.5, 0.6) is 0 Å². The van der Waals surface area contributed by atoms with Gasteiger partial charge in [-0.3, -0.25) is 4.79 Å². The number of hydrogen-bond acceptors (Lipinski definition) is 1. The van der Waals surface area contributed by atoms with Crippen molar-refractivity contribution < 1.29 is 18.0 Å². The van der Waals surface area contributed by atoms with Gasteiger partial charge in [-0.05, 0) is 19.8 Å². The lowest BCUT2D eigenvalue weighted by Gasteiger charge is -2.39. The van der Waals surface area contributed by atoms with Crippen LogP contribution in [-0.2, 0) is 4.79 Å². The summed E-state index contributed by atoms with van der Waals surface area (Å²) in [6.45, 7) is 5.45. The van der Waals surface area contributed by atoms with Gasteiger partial charge in [-0.15, -0.1) is 0 Å². The van der Waals surface area contributed by atoms with Crippen LogP contribution in [0.15, 0.2) is 0 Å². The van der Waals surface area contributed by atoms with E-state index in [1.807, 2.05) is 0 Å². The van der Waals surface area contributed by atoms with Gasteiger partial charge in [0, 0.05) is 18.5 Å². The van der Waals surface area contributed by atoms with E-state index in [9.17, 15) is 18.0 Å². The van der Waals surface area contributed by atoms with Crippen molar-refractivity contribution in [3.63, 3.8) is 0 Å². The molecule has 1 saturated heterocycles. The zero-order valence-electron chi connectivity index (χ0n) is 9.84. The first-order valence-corrected chi connectivity index (χ1v) is 5.60. The Bertz CT molecular complexity index is 262. The minimum atomic E-state index is -4.12. The summed E-state index contributed by atoms with van der Waals surface area (Å²) in [5, 5.41) is 0. The van der Waals surface area contributed by atoms with Crippen molar-refractivity contribution in [2.24, 2.45) is 11.8 Å². The quantitative estimate of drug-likeness (QED) is 0.686. The molecule has 2 atom stereocenters. The molecule has 1 fully saturated rings. The molecule has 2 unspecified atom stereocenters. The molecule has 0 spiro atoms. The topological polar surface area (TPSA) is 20.3 Å². The molecule has 0 aromatic carbocycles. The Morgan fingerprint density at radius 1 is 1.38 bits per heavy atom. The molecule has 0 aromatic heterocycles. The van der Waals surface area contributed by atoms with Crippen LogP contribution in [0.25, 0.3) is 0 Å². The molecule has 1 aliphatic rings. The zero-order chi connectivity index (χ0) is 12.5. The first-order valence-electron chi connectivity index (χ1n) is 5.60. The van der Waals surface area contributed by atoms with E-state index in [0.29, 0.717) is 0 Å². The summed E-state index contributed by atoms with van der Waals surface area (Å²) < 4.78 is 37.5. The van der Waals surface area contributed by atoms with Gasteiger partial charge in [-0.25, -0.2) is 0 Å². The van der Waals surface area contributed by atoms with Gasteiger partial charge < -0.3 is 4.90 Å². The Morgan fingerprint density at radius 3 is 2.31 bits per heavy atom. The average Bonchev–Trinajstić information content (AvgIpc) is 2.15. The maximum absolute atomic E-state index is 12.5. The number of piperidine rings is 1. The van der Waals surface area contributed by atoms with E-state index in [1.165, 1.54) is 0 Å². The molecule has 1 rings (SSSR count). The summed E-state index contributed by atoms with van der Waals surface area (Å²) in [5.41, 5.74) is 0. The van der Waals surface area contributed by atoms with Gasteiger partial charge in [0.05, 0.1) is 5.92 Å². The number of carbonyl (C=O) groups excluding carboxylic acids is 1. The Hall–Kier alpha value is -0.740. The number of rotatable bonds is 1. The highest BCUT2D eigenvalue weighted by atomic mass is 19.4. The summed E-state index contributed by atoms with van der Waals surface area (Å²) in [6.07, 6.45) is -4.06. The number of carbonyl (C=O) groups is 1. The number of likely N-dealkylation sites (tertiary alicyclic amines) is 1. The lowest BCUT2D eigenvalue weighted by Crippen LogP contribution is -2.48. The molecular weight excluding hydrogens is 219 g/mol. The molecule has 0 bridgehead atoms. The third-order valence-electron chi connectivity index (χ3n) is 3.12. The summed E-state index contributed by atoms with van der Waals surface area (Å²) in [7, 11) is 0. The van der Waals surface area contributed by atoms with Crippen LogP contribution in [0.2, 0.25) is 0 Å². The largest absolute Gasteiger partial charge is 0.391 e. The molecule has 0 N–H and O–H groups in total. The van der Waals surface area contributed by atoms with Crippen molar-refractivity contribution in [3.8, 4) is 0 Å². The first-order chi connectivity index (χ1) is 7.23. The highest BCUT2D eigenvalue weighted by Gasteiger charge is 2.44. The second-order valence-corrected chi connectivity index (χ2v) is 4.80. The predicted molar refractivity (Wildman–Crippen MR) is 54.8 cm³/mol. The molecule has 0 aliphatic carbocycles. The molecule has 1 aliphatic heterocycles. The minimum absolute atomic E-state index is 0.0297. The van der Waals surface area contributed by atoms with Crippen LogP contribution >= 0.6 is 0 Å². The Morgan fingerprint density at radius 2 is 1.94 bits per heavy atom. The molecule has 0 aromatic rings. The van der Waals surface area contributed by atoms with E-state index in [4.69, 9.17) is 0 Å². The summed E-state index contributed by atoms with van der Waals surface area (Å²) >= 11 is 0. The van der Waals surface area contributed by atoms with Gasteiger partial charge >= 0.3 is 6.18 Å². The van der Waals surface area contributed by atoms with Crippen molar-refractivity contribution in [3.05, 3.63) is 0 Å². The third kappa shape index (κ3) is 2.89. The van der Waals surface area contributed by atoms with Gasteiger partial charge in [0.1, 0.15) is 0 Å². The van der Waals surface area contributed by atoms with E-state index in [1.54, 1.807) is 25.7 Å². The summed E-state index contributed by atoms with van der Waals surface area (Å²) in [6, 6.07) is -0.310. The van der Waals surface area contributed by atoms with E-state index >= 15 is 0 Å². The second kappa shape index (κ2) is 4.63. The highest BCUT2D eigenvalue weighted by Crippen LogP contribution is 2.36. The molecule has 5 heteroatoms. The van der Waals surface area contributed by atoms with Gasteiger partial charge in [0.25, 0.3) is 0 Å². The Kier molecular flexibility index (Phi) is 3.86. The van der Waals surface area contributed by atoms with E-state index in [0.717, 1.165) is 0 Å². The fourth-order valence-corrected chi connectivity index (χ4v) is 2.13. The van der Waals surface area contributed by atoms with E-state index in [-0.39, 0.29) is 37.3 Å². The number of halogens is 3. The smallest absolute Gasteiger partial charge is 0.340 e. The fourth-order valence-electron chi connectivity index (χ4n) is 2.13. The van der Waals surface area contributed by atoms with Gasteiger partial charge in [0.2, 0.25) is 5.91 Å². The van der Waals surface area contributed by atoms with Gasteiger partial charge in [-0.1, -0.05) is 13.8 Å². The first kappa shape index (κ1) is 13.3. The van der Waals surface area contributed by atoms with Crippen molar-refractivity contribution in [2.75, 3.05) is 6.54 Å². The molecular formula is C11H18F3NO. The second-order valence-electron chi connectivity index (χ2n) is 4.80. The zero-order valence-corrected chi connectivity index (χ0v) is 9.84. The molecule has 2 nitrogen and oxygen atoms in total. The van der Waals surface area contributed by atoms with Crippen molar-refractivity contribution >= 4 is 5.91 Å². The summed E-state index contributed by atoms with van der Waals surface area (Å²) in [4.78, 5) is 13.3. The maximum Gasteiger partial charge on any atom is 0.391 e. The SMILES string of the molecule is CC(C)C(=O)N1CCC(C(F)(F)F)CC1C. The normalized spacial score (nSPS) is 27.3. The van der Waals surface area contributed by atoms with Crippen LogP contribution in [0.4, 0.5) is 13.2 Å². The van der Waals surface area contributed by atoms with Crippen molar-refractivity contribution in [2.45, 2.75) is 45.8 Å². The maximum atomic E-state index is 12.5. The fraction of sp³-hybridized carbons (Fsp3) is 0.909. The lowest BCUT2D eigenvalue weighted by atomic mass is 9.90. The molecule has 0 saturated carbocycles. The number of amides is 1. The van der Waals surface area contributed by atoms with E-state index < -0.39 is 12.1 Å². The van der Waals surface area contributed by atoms with Crippen LogP contribution in [0.3, 0.4) is 0 Å². The molecule has 1 amide bonds. The number of hydrogen-bond donors (Lipinski definition) is 0. The Labute approximate surface area is 93.8 Å². The average molecular weight is 237 g/mol. The van der Waals surface area contributed by atoms with Crippen LogP contribution in [-0.4, -0.2) is 29.6 Å². The van der Waals surface area contributed by atoms with Crippen molar-refractivity contribution in [1.29, 1.82) is 0 Å². The number of alkyl halides is 3. The lowest BCUT2D eigenvalue weighted by molar-refractivity contribution is -0.191. The van der Waals surface area contributed by atoms with Gasteiger partial charge in [-0.2, -0.15) is 13.2 Å². The highest BCUT2D eigenvalue weighted by molar-refractivity contribution is 5.78.